The van der Waals surface area contributed by atoms with Crippen molar-refractivity contribution < 1.29 is 9.53 Å². The van der Waals surface area contributed by atoms with Crippen molar-refractivity contribution in [3.05, 3.63) is 42.2 Å². The molecule has 0 aliphatic carbocycles. The van der Waals surface area contributed by atoms with Gasteiger partial charge in [-0.15, -0.1) is 11.8 Å². The second-order valence-corrected chi connectivity index (χ2v) is 7.30. The summed E-state index contributed by atoms with van der Waals surface area (Å²) in [5, 5.41) is 5.32. The summed E-state index contributed by atoms with van der Waals surface area (Å²) >= 11 is 1.77. The van der Waals surface area contributed by atoms with Crippen molar-refractivity contribution in [1.82, 2.24) is 24.7 Å². The van der Waals surface area contributed by atoms with Gasteiger partial charge in [-0.3, -0.25) is 9.48 Å². The van der Waals surface area contributed by atoms with Crippen LogP contribution in [0.2, 0.25) is 0 Å². The molecule has 1 N–H and O–H groups in total. The van der Waals surface area contributed by atoms with E-state index in [2.05, 4.69) is 38.1 Å². The van der Waals surface area contributed by atoms with E-state index in [0.717, 1.165) is 45.2 Å². The Balaban J connectivity index is 1.61. The van der Waals surface area contributed by atoms with Gasteiger partial charge in [0.15, 0.2) is 0 Å². The molecule has 0 saturated heterocycles. The number of thioether (sulfide) groups is 1. The Morgan fingerprint density at radius 3 is 3.15 bits per heavy atom. The summed E-state index contributed by atoms with van der Waals surface area (Å²) in [4.78, 5) is 26.9. The second-order valence-electron chi connectivity index (χ2n) is 6.16. The smallest absolute Gasteiger partial charge is 0.327 e. The molecule has 0 aromatic carbocycles. The second kappa shape index (κ2) is 7.43. The average Bonchev–Trinajstić information content (AvgIpc) is 3.29. The molecule has 0 spiro atoms. The number of nitrogens with zero attached hydrogens (tertiary/aromatic N) is 5. The Labute approximate surface area is 160 Å². The first kappa shape index (κ1) is 17.6. The highest BCUT2D eigenvalue weighted by molar-refractivity contribution is 8.08. The van der Waals surface area contributed by atoms with Gasteiger partial charge in [0.05, 0.1) is 18.2 Å². The first-order valence-corrected chi connectivity index (χ1v) is 9.72. The fourth-order valence-corrected chi connectivity index (χ4v) is 4.04. The molecule has 1 aliphatic rings. The molecule has 0 radical (unpaired) electrons. The van der Waals surface area contributed by atoms with E-state index in [1.165, 1.54) is 0 Å². The van der Waals surface area contributed by atoms with Crippen molar-refractivity contribution in [2.24, 2.45) is 0 Å². The molecule has 140 valence electrons. The maximum absolute atomic E-state index is 11.6. The van der Waals surface area contributed by atoms with E-state index in [0.29, 0.717) is 6.61 Å². The van der Waals surface area contributed by atoms with Gasteiger partial charge in [0.2, 0.25) is 0 Å². The number of aryl methyl sites for hydroxylation is 1. The summed E-state index contributed by atoms with van der Waals surface area (Å²) in [6.45, 7) is 5.19. The van der Waals surface area contributed by atoms with Crippen molar-refractivity contribution in [1.29, 1.82) is 0 Å². The number of H-pyrrole nitrogens is 1. The molecule has 8 nitrogen and oxygen atoms in total. The fraction of sp³-hybridized carbons (Fsp3) is 0.333. The Morgan fingerprint density at radius 1 is 1.41 bits per heavy atom. The average molecular weight is 384 g/mol. The van der Waals surface area contributed by atoms with Crippen molar-refractivity contribution in [3.63, 3.8) is 0 Å². The minimum absolute atomic E-state index is 0.116. The normalized spacial score (nSPS) is 14.4. The molecule has 0 amide bonds. The Hall–Kier alpha value is -2.81. The number of rotatable bonds is 5. The molecule has 0 fully saturated rings. The zero-order valence-electron chi connectivity index (χ0n) is 15.2. The number of hydrogen-bond donors (Lipinski definition) is 1. The minimum Gasteiger partial charge on any atom is -0.465 e. The van der Waals surface area contributed by atoms with E-state index >= 15 is 0 Å². The third-order valence-corrected chi connectivity index (χ3v) is 5.33. The van der Waals surface area contributed by atoms with Crippen LogP contribution in [-0.2, 0) is 16.1 Å². The quantitative estimate of drug-likeness (QED) is 0.676. The van der Waals surface area contributed by atoms with Crippen molar-refractivity contribution in [2.75, 3.05) is 23.8 Å². The summed E-state index contributed by atoms with van der Waals surface area (Å²) in [5.41, 5.74) is 2.94. The number of hydrogen-bond acceptors (Lipinski definition) is 7. The van der Waals surface area contributed by atoms with E-state index < -0.39 is 0 Å². The lowest BCUT2D eigenvalue weighted by atomic mass is 10.2. The van der Waals surface area contributed by atoms with Crippen LogP contribution >= 0.6 is 11.8 Å². The predicted molar refractivity (Wildman–Crippen MR) is 105 cm³/mol. The zero-order chi connectivity index (χ0) is 18.8. The first-order chi connectivity index (χ1) is 13.2. The molecule has 3 aromatic heterocycles. The fourth-order valence-electron chi connectivity index (χ4n) is 3.05. The van der Waals surface area contributed by atoms with Gasteiger partial charge in [-0.05, 0) is 19.4 Å². The topological polar surface area (TPSA) is 88.9 Å². The number of esters is 1. The number of aromatic amines is 1. The lowest BCUT2D eigenvalue weighted by Gasteiger charge is -2.25. The first-order valence-electron chi connectivity index (χ1n) is 8.74. The third-order valence-electron chi connectivity index (χ3n) is 4.30. The van der Waals surface area contributed by atoms with Crippen LogP contribution in [0, 0.1) is 6.92 Å². The van der Waals surface area contributed by atoms with Crippen molar-refractivity contribution in [2.45, 2.75) is 20.4 Å². The third kappa shape index (κ3) is 3.55. The lowest BCUT2D eigenvalue weighted by molar-refractivity contribution is -0.144. The number of nitrogens with one attached hydrogen (secondary N) is 1. The summed E-state index contributed by atoms with van der Waals surface area (Å²) < 4.78 is 6.58. The summed E-state index contributed by atoms with van der Waals surface area (Å²) in [5.74, 6) is 1.55. The van der Waals surface area contributed by atoms with Crippen LogP contribution in [0.3, 0.4) is 0 Å². The van der Waals surface area contributed by atoms with Crippen LogP contribution in [0.4, 0.5) is 5.82 Å². The van der Waals surface area contributed by atoms with Crippen LogP contribution in [0.5, 0.6) is 0 Å². The van der Waals surface area contributed by atoms with E-state index in [-0.39, 0.29) is 12.5 Å². The van der Waals surface area contributed by atoms with Crippen molar-refractivity contribution in [3.8, 4) is 0 Å². The van der Waals surface area contributed by atoms with Crippen LogP contribution < -0.4 is 4.90 Å². The molecule has 4 rings (SSSR count). The summed E-state index contributed by atoms with van der Waals surface area (Å²) in [7, 11) is 0. The number of anilines is 1. The molecule has 0 bridgehead atoms. The molecule has 0 atom stereocenters. The molecular formula is C18H20N6O2S. The van der Waals surface area contributed by atoms with Gasteiger partial charge in [-0.25, -0.2) is 9.97 Å². The molecule has 0 saturated carbocycles. The maximum Gasteiger partial charge on any atom is 0.327 e. The van der Waals surface area contributed by atoms with Gasteiger partial charge < -0.3 is 14.6 Å². The summed E-state index contributed by atoms with van der Waals surface area (Å²) in [6, 6.07) is 0. The van der Waals surface area contributed by atoms with E-state index in [9.17, 15) is 4.79 Å². The SMILES string of the molecule is CCOC(=O)Cn1cc(C2=CN(c3ncnc4[nH]cc(C)c34)CCS2)cn1. The largest absolute Gasteiger partial charge is 0.465 e. The van der Waals surface area contributed by atoms with Crippen LogP contribution in [0.15, 0.2) is 31.1 Å². The number of carbonyl (C=O) groups is 1. The number of carbonyl (C=O) groups excluding carboxylic acids is 1. The maximum atomic E-state index is 11.6. The van der Waals surface area contributed by atoms with E-state index in [4.69, 9.17) is 4.74 Å². The predicted octanol–water partition coefficient (Wildman–Crippen LogP) is 2.58. The van der Waals surface area contributed by atoms with Gasteiger partial charge in [-0.2, -0.15) is 5.10 Å². The Morgan fingerprint density at radius 2 is 2.30 bits per heavy atom. The molecule has 0 unspecified atom stereocenters. The highest BCUT2D eigenvalue weighted by Gasteiger charge is 2.19. The molecule has 27 heavy (non-hydrogen) atoms. The zero-order valence-corrected chi connectivity index (χ0v) is 16.0. The number of aromatic nitrogens is 5. The highest BCUT2D eigenvalue weighted by Crippen LogP contribution is 2.35. The highest BCUT2D eigenvalue weighted by atomic mass is 32.2. The Bertz CT molecular complexity index is 1010. The van der Waals surface area contributed by atoms with Crippen LogP contribution in [0.25, 0.3) is 15.9 Å². The number of fused-ring (bicyclic) bond motifs is 1. The monoisotopic (exact) mass is 384 g/mol. The van der Waals surface area contributed by atoms with Gasteiger partial charge in [0, 0.05) is 41.4 Å². The minimum atomic E-state index is -0.287. The molecule has 3 aromatic rings. The molecule has 1 aliphatic heterocycles. The van der Waals surface area contributed by atoms with Gasteiger partial charge in [-0.1, -0.05) is 0 Å². The van der Waals surface area contributed by atoms with Gasteiger partial charge in [0.1, 0.15) is 24.3 Å². The van der Waals surface area contributed by atoms with Gasteiger partial charge in [0.25, 0.3) is 0 Å². The summed E-state index contributed by atoms with van der Waals surface area (Å²) in [6.07, 6.45) is 9.27. The Kier molecular flexibility index (Phi) is 4.85. The molecule has 9 heteroatoms. The van der Waals surface area contributed by atoms with Gasteiger partial charge >= 0.3 is 5.97 Å². The number of ether oxygens (including phenoxy) is 1. The van der Waals surface area contributed by atoms with E-state index in [1.807, 2.05) is 12.4 Å². The van der Waals surface area contributed by atoms with Crippen LogP contribution in [-0.4, -0.2) is 49.6 Å². The molecular weight excluding hydrogens is 364 g/mol. The molecule has 4 heterocycles. The lowest BCUT2D eigenvalue weighted by Crippen LogP contribution is -2.24. The standard InChI is InChI=1S/C18H20N6O2S/c1-3-26-15(25)10-24-8-13(7-22-24)14-9-23(4-5-27-14)18-16-12(2)6-19-17(16)20-11-21-18/h6-9,11H,3-5,10H2,1-2H3,(H,19,20,21). The van der Waals surface area contributed by atoms with Crippen molar-refractivity contribution >= 4 is 39.5 Å². The van der Waals surface area contributed by atoms with Crippen LogP contribution in [0.1, 0.15) is 18.1 Å². The van der Waals surface area contributed by atoms with E-state index in [1.54, 1.807) is 35.9 Å².